The van der Waals surface area contributed by atoms with Gasteiger partial charge in [-0.3, -0.25) is 0 Å². The molecule has 0 radical (unpaired) electrons. The maximum atomic E-state index is 2.68. The predicted octanol–water partition coefficient (Wildman–Crippen LogP) is 10.5. The van der Waals surface area contributed by atoms with Crippen molar-refractivity contribution in [3.63, 3.8) is 0 Å². The quantitative estimate of drug-likeness (QED) is 0.163. The van der Waals surface area contributed by atoms with E-state index in [4.69, 9.17) is 0 Å². The first-order chi connectivity index (χ1) is 20.7. The van der Waals surface area contributed by atoms with E-state index < -0.39 is 29.3 Å². The Morgan fingerprint density at radius 3 is 1.75 bits per heavy atom. The molecule has 0 saturated carbocycles. The van der Waals surface area contributed by atoms with Crippen LogP contribution in [0.25, 0.3) is 11.1 Å². The zero-order chi connectivity index (χ0) is 31.4. The molecule has 0 aromatic heterocycles. The Morgan fingerprint density at radius 2 is 1.23 bits per heavy atom. The third-order valence-corrected chi connectivity index (χ3v) is 19.0. The van der Waals surface area contributed by atoms with Crippen molar-refractivity contribution >= 4 is 14.6 Å². The molecule has 6 rings (SSSR count). The number of hydrogen-bond donors (Lipinski definition) is 0. The van der Waals surface area contributed by atoms with Gasteiger partial charge < -0.3 is 0 Å². The average molecular weight is 672 g/mol. The molecule has 4 aromatic carbocycles. The van der Waals surface area contributed by atoms with Gasteiger partial charge in [0.2, 0.25) is 0 Å². The van der Waals surface area contributed by atoms with Gasteiger partial charge >= 0.3 is 277 Å². The van der Waals surface area contributed by atoms with Crippen molar-refractivity contribution in [3.8, 4) is 11.1 Å². The Balaban J connectivity index is 1.73. The van der Waals surface area contributed by atoms with E-state index in [2.05, 4.69) is 164 Å². The third kappa shape index (κ3) is 6.10. The van der Waals surface area contributed by atoms with Crippen LogP contribution in [0.4, 0.5) is 0 Å². The average Bonchev–Trinajstić information content (AvgIpc) is 3.61. The molecule has 44 heavy (non-hydrogen) atoms. The molecule has 2 aliphatic carbocycles. The Bertz CT molecular complexity index is 1770. The number of benzene rings is 4. The summed E-state index contributed by atoms with van der Waals surface area (Å²) in [6.45, 7) is 21.7. The molecule has 0 atom stereocenters. The fraction of sp³-hybridized carbons (Fsp3) is 0.310. The van der Waals surface area contributed by atoms with Crippen LogP contribution in [0.15, 0.2) is 112 Å². The van der Waals surface area contributed by atoms with Gasteiger partial charge in [-0.2, -0.15) is 0 Å². The van der Waals surface area contributed by atoms with Crippen molar-refractivity contribution in [2.45, 2.75) is 84.9 Å². The minimum absolute atomic E-state index is 0.0634. The van der Waals surface area contributed by atoms with Gasteiger partial charge in [0.1, 0.15) is 0 Å². The summed E-state index contributed by atoms with van der Waals surface area (Å²) in [7, 11) is -1.44. The molecule has 0 bridgehead atoms. The summed E-state index contributed by atoms with van der Waals surface area (Å²) in [6, 6.07) is 35.2. The van der Waals surface area contributed by atoms with Gasteiger partial charge in [-0.15, -0.1) is 0 Å². The van der Waals surface area contributed by atoms with E-state index in [1.807, 2.05) is 0 Å². The molecular weight excluding hydrogens is 624 g/mol. The second-order valence-corrected chi connectivity index (χ2v) is 26.9. The fourth-order valence-corrected chi connectivity index (χ4v) is 16.5. The third-order valence-electron chi connectivity index (χ3n) is 9.45. The van der Waals surface area contributed by atoms with Crippen molar-refractivity contribution in [3.05, 3.63) is 145 Å². The van der Waals surface area contributed by atoms with Crippen LogP contribution in [0.1, 0.15) is 81.3 Å². The van der Waals surface area contributed by atoms with Gasteiger partial charge in [-0.25, -0.2) is 0 Å². The molecule has 0 N–H and O–H groups in total. The summed E-state index contributed by atoms with van der Waals surface area (Å²) >= 11 is -2.75. The van der Waals surface area contributed by atoms with Crippen LogP contribution in [-0.2, 0) is 38.5 Å². The molecule has 0 saturated heterocycles. The Morgan fingerprint density at radius 1 is 0.659 bits per heavy atom. The van der Waals surface area contributed by atoms with Gasteiger partial charge in [0, 0.05) is 0 Å². The molecule has 0 nitrogen and oxygen atoms in total. The van der Waals surface area contributed by atoms with Crippen molar-refractivity contribution in [1.29, 1.82) is 0 Å². The molecule has 0 spiro atoms. The van der Waals surface area contributed by atoms with Gasteiger partial charge in [0.05, 0.1) is 0 Å². The first-order valence-corrected chi connectivity index (χ1v) is 23.5. The number of hydrogen-bond acceptors (Lipinski definition) is 0. The van der Waals surface area contributed by atoms with E-state index in [-0.39, 0.29) is 10.8 Å². The summed E-state index contributed by atoms with van der Waals surface area (Å²) < 4.78 is 5.03. The van der Waals surface area contributed by atoms with Crippen molar-refractivity contribution in [2.75, 3.05) is 0 Å². The van der Waals surface area contributed by atoms with Crippen LogP contribution in [-0.4, -0.2) is 11.3 Å². The summed E-state index contributed by atoms with van der Waals surface area (Å²) in [5.41, 5.74) is 11.9. The molecule has 2 heteroatoms. The van der Waals surface area contributed by atoms with Gasteiger partial charge in [-0.05, 0) is 0 Å². The van der Waals surface area contributed by atoms with Crippen LogP contribution in [0.2, 0.25) is 19.6 Å². The zero-order valence-corrected chi connectivity index (χ0v) is 31.7. The number of allylic oxidation sites excluding steroid dienone is 4. The topological polar surface area (TPSA) is 0 Å². The Labute approximate surface area is 275 Å². The monoisotopic (exact) mass is 670 g/mol. The minimum atomic E-state index is -2.75. The summed E-state index contributed by atoms with van der Waals surface area (Å²) in [4.78, 5) is 0. The standard InChI is InChI=1S/C21H25.C13H10.C8H13Si.Zr/c1-20(2,3)16-9-7-14-11-15-8-10-17(21(4,5)6)13-19(15)18(14)12-16;1-3-7-12(8-4-1)11-13-9-5-2-6-10-13;1-9(2,3)8-6-4-5-7-8;/h7,9-10,12-13H,11H2,1-6H3;1-10H;6-7H,4H2,1-3H3;. The van der Waals surface area contributed by atoms with E-state index in [1.165, 1.54) is 38.9 Å². The Kier molecular flexibility index (Phi) is 8.26. The van der Waals surface area contributed by atoms with Crippen LogP contribution in [0.5, 0.6) is 0 Å². The second kappa shape index (κ2) is 11.6. The molecule has 0 fully saturated rings. The van der Waals surface area contributed by atoms with Crippen LogP contribution < -0.4 is 3.27 Å². The maximum absolute atomic E-state index is 2.75. The first-order valence-electron chi connectivity index (χ1n) is 16.3. The number of fused-ring (bicyclic) bond motifs is 3. The van der Waals surface area contributed by atoms with Gasteiger partial charge in [-0.1, -0.05) is 0 Å². The van der Waals surface area contributed by atoms with Crippen LogP contribution in [0.3, 0.4) is 0 Å². The number of rotatable bonds is 5. The molecule has 0 unspecified atom stereocenters. The van der Waals surface area contributed by atoms with Crippen molar-refractivity contribution in [2.24, 2.45) is 0 Å². The molecule has 224 valence electrons. The molecule has 0 amide bonds. The zero-order valence-electron chi connectivity index (χ0n) is 28.2. The Hall–Kier alpha value is -2.67. The molecule has 0 heterocycles. The van der Waals surface area contributed by atoms with E-state index in [1.54, 1.807) is 20.5 Å². The normalized spacial score (nSPS) is 14.6. The first kappa shape index (κ1) is 31.3. The summed E-state index contributed by atoms with van der Waals surface area (Å²) in [6.07, 6.45) is 7.42. The van der Waals surface area contributed by atoms with Crippen molar-refractivity contribution in [1.82, 2.24) is 0 Å². The van der Waals surface area contributed by atoms with E-state index >= 15 is 0 Å². The summed E-state index contributed by atoms with van der Waals surface area (Å²) in [5, 5.41) is 1.63. The fourth-order valence-electron chi connectivity index (χ4n) is 6.75. The van der Waals surface area contributed by atoms with Crippen LogP contribution >= 0.6 is 0 Å². The molecule has 2 aliphatic rings. The molecular formula is C42H48SiZr. The van der Waals surface area contributed by atoms with Gasteiger partial charge in [0.25, 0.3) is 0 Å². The SMILES string of the molecule is CC(C)(C)c1ccc2c(c1)-c1cc(C(C)(C)C)c[c]([Zr]([C]3=CC([Si](C)(C)C)=CC3)=[C](c3ccccc3)c3ccccc3)c1C2. The van der Waals surface area contributed by atoms with Gasteiger partial charge in [0.15, 0.2) is 0 Å². The van der Waals surface area contributed by atoms with Crippen molar-refractivity contribution < 1.29 is 21.3 Å². The molecule has 4 aromatic rings. The molecule has 0 aliphatic heterocycles. The van der Waals surface area contributed by atoms with E-state index in [0.717, 1.165) is 12.8 Å². The van der Waals surface area contributed by atoms with Crippen LogP contribution in [0, 0.1) is 0 Å². The summed E-state index contributed by atoms with van der Waals surface area (Å²) in [5.74, 6) is 0. The predicted molar refractivity (Wildman–Crippen MR) is 192 cm³/mol. The van der Waals surface area contributed by atoms with E-state index in [9.17, 15) is 0 Å². The van der Waals surface area contributed by atoms with E-state index in [0.29, 0.717) is 0 Å². The second-order valence-electron chi connectivity index (χ2n) is 15.9.